The lowest BCUT2D eigenvalue weighted by Gasteiger charge is -2.44. The second-order valence-electron chi connectivity index (χ2n) is 6.61. The molecule has 24 heavy (non-hydrogen) atoms. The maximum absolute atomic E-state index is 12.7. The molecule has 0 unspecified atom stereocenters. The molecule has 6 heteroatoms. The van der Waals surface area contributed by atoms with Gasteiger partial charge in [-0.3, -0.25) is 9.59 Å². The lowest BCUT2D eigenvalue weighted by Crippen LogP contribution is -2.52. The molecule has 0 bridgehead atoms. The predicted octanol–water partition coefficient (Wildman–Crippen LogP) is 3.20. The third-order valence-corrected chi connectivity index (χ3v) is 5.57. The zero-order valence-electron chi connectivity index (χ0n) is 13.8. The largest absolute Gasteiger partial charge is 0.486 e. The van der Waals surface area contributed by atoms with Crippen LogP contribution in [0.1, 0.15) is 47.2 Å². The van der Waals surface area contributed by atoms with Crippen molar-refractivity contribution in [3.8, 4) is 11.8 Å². The van der Waals surface area contributed by atoms with Gasteiger partial charge in [0.05, 0.1) is 18.1 Å². The minimum absolute atomic E-state index is 0.0486. The second-order valence-corrected chi connectivity index (χ2v) is 6.98. The van der Waals surface area contributed by atoms with Gasteiger partial charge >= 0.3 is 0 Å². The number of fused-ring (bicyclic) bond motifs is 1. The fourth-order valence-corrected chi connectivity index (χ4v) is 3.77. The number of carbonyl (C=O) groups is 2. The van der Waals surface area contributed by atoms with Crippen molar-refractivity contribution in [1.82, 2.24) is 4.90 Å². The van der Waals surface area contributed by atoms with Crippen molar-refractivity contribution in [1.29, 1.82) is 5.26 Å². The Morgan fingerprint density at radius 1 is 1.42 bits per heavy atom. The van der Waals surface area contributed by atoms with Gasteiger partial charge in [-0.1, -0.05) is 11.6 Å². The van der Waals surface area contributed by atoms with E-state index in [0.29, 0.717) is 48.7 Å². The molecule has 0 N–H and O–H groups in total. The zero-order chi connectivity index (χ0) is 17.5. The number of piperidine rings is 1. The number of nitrogens with zero attached hydrogens (tertiary/aromatic N) is 2. The highest BCUT2D eigenvalue weighted by Crippen LogP contribution is 2.43. The Kier molecular flexibility index (Phi) is 4.27. The maximum atomic E-state index is 12.7. The van der Waals surface area contributed by atoms with Gasteiger partial charge in [-0.2, -0.15) is 5.26 Å². The number of ether oxygens (including phenoxy) is 1. The first kappa shape index (κ1) is 16.8. The SMILES string of the molecule is Cc1cc2c(c(C)c1Cl)C(=O)CC1(CCN(C(=O)CC#N)CC1)O2. The van der Waals surface area contributed by atoms with Crippen LogP contribution >= 0.6 is 11.6 Å². The van der Waals surface area contributed by atoms with E-state index in [1.807, 2.05) is 26.0 Å². The van der Waals surface area contributed by atoms with Crippen molar-refractivity contribution in [3.05, 3.63) is 27.8 Å². The molecule has 0 saturated carbocycles. The molecule has 2 heterocycles. The first-order valence-electron chi connectivity index (χ1n) is 8.03. The van der Waals surface area contributed by atoms with Gasteiger partial charge in [0.2, 0.25) is 5.91 Å². The van der Waals surface area contributed by atoms with Crippen molar-refractivity contribution in [3.63, 3.8) is 0 Å². The summed E-state index contributed by atoms with van der Waals surface area (Å²) in [4.78, 5) is 26.2. The molecule has 2 aliphatic heterocycles. The molecule has 3 rings (SSSR count). The lowest BCUT2D eigenvalue weighted by molar-refractivity contribution is -0.133. The Morgan fingerprint density at radius 2 is 2.08 bits per heavy atom. The number of likely N-dealkylation sites (tertiary alicyclic amines) is 1. The standard InChI is InChI=1S/C18H19ClN2O3/c1-11-9-14-16(12(2)17(11)19)13(22)10-18(24-14)4-7-21(8-5-18)15(23)3-6-20/h9H,3-5,7-8,10H2,1-2H3. The van der Waals surface area contributed by atoms with Crippen molar-refractivity contribution < 1.29 is 14.3 Å². The van der Waals surface area contributed by atoms with E-state index in [0.717, 1.165) is 11.1 Å². The summed E-state index contributed by atoms with van der Waals surface area (Å²) in [5.41, 5.74) is 1.69. The van der Waals surface area contributed by atoms with E-state index in [4.69, 9.17) is 21.6 Å². The molecule has 0 atom stereocenters. The number of amides is 1. The summed E-state index contributed by atoms with van der Waals surface area (Å²) in [6, 6.07) is 3.71. The van der Waals surface area contributed by atoms with Crippen LogP contribution in [0.5, 0.6) is 5.75 Å². The Hall–Kier alpha value is -2.06. The van der Waals surface area contributed by atoms with Gasteiger partial charge in [0, 0.05) is 31.0 Å². The van der Waals surface area contributed by atoms with Gasteiger partial charge in [0.1, 0.15) is 17.8 Å². The van der Waals surface area contributed by atoms with Gasteiger partial charge in [-0.25, -0.2) is 0 Å². The summed E-state index contributed by atoms with van der Waals surface area (Å²) >= 11 is 6.26. The maximum Gasteiger partial charge on any atom is 0.236 e. The topological polar surface area (TPSA) is 70.4 Å². The Bertz CT molecular complexity index is 759. The van der Waals surface area contributed by atoms with Crippen LogP contribution in [0.15, 0.2) is 6.07 Å². The number of Topliss-reactive ketones (excluding diaryl/α,β-unsaturated/α-hetero) is 1. The van der Waals surface area contributed by atoms with Crippen LogP contribution in [0.25, 0.3) is 0 Å². The minimum Gasteiger partial charge on any atom is -0.486 e. The number of hydrogen-bond acceptors (Lipinski definition) is 4. The van der Waals surface area contributed by atoms with Crippen LogP contribution in [0.2, 0.25) is 5.02 Å². The molecule has 5 nitrogen and oxygen atoms in total. The molecule has 1 amide bonds. The van der Waals surface area contributed by atoms with Gasteiger partial charge < -0.3 is 9.64 Å². The van der Waals surface area contributed by atoms with Crippen LogP contribution in [-0.4, -0.2) is 35.3 Å². The normalized spacial score (nSPS) is 18.8. The van der Waals surface area contributed by atoms with Crippen LogP contribution in [-0.2, 0) is 4.79 Å². The number of ketones is 1. The van der Waals surface area contributed by atoms with Crippen molar-refractivity contribution in [2.75, 3.05) is 13.1 Å². The molecule has 1 spiro atoms. The van der Waals surface area contributed by atoms with E-state index < -0.39 is 5.60 Å². The Morgan fingerprint density at radius 3 is 2.71 bits per heavy atom. The van der Waals surface area contributed by atoms with Crippen molar-refractivity contribution >= 4 is 23.3 Å². The summed E-state index contributed by atoms with van der Waals surface area (Å²) in [5.74, 6) is 0.489. The molecule has 1 saturated heterocycles. The fourth-order valence-electron chi connectivity index (χ4n) is 3.62. The Balaban J connectivity index is 1.83. The van der Waals surface area contributed by atoms with Gasteiger partial charge in [-0.05, 0) is 31.0 Å². The first-order valence-corrected chi connectivity index (χ1v) is 8.41. The average molecular weight is 347 g/mol. The van der Waals surface area contributed by atoms with E-state index in [9.17, 15) is 9.59 Å². The number of benzene rings is 1. The van der Waals surface area contributed by atoms with Crippen molar-refractivity contribution in [2.45, 2.75) is 45.1 Å². The molecule has 1 fully saturated rings. The smallest absolute Gasteiger partial charge is 0.236 e. The fraction of sp³-hybridized carbons (Fsp3) is 0.500. The third-order valence-electron chi connectivity index (χ3n) is 4.99. The molecule has 0 aliphatic carbocycles. The molecule has 1 aromatic carbocycles. The van der Waals surface area contributed by atoms with Crippen molar-refractivity contribution in [2.24, 2.45) is 0 Å². The van der Waals surface area contributed by atoms with Gasteiger partial charge in [0.15, 0.2) is 5.78 Å². The van der Waals surface area contributed by atoms with Crippen LogP contribution in [0.4, 0.5) is 0 Å². The van der Waals surface area contributed by atoms with E-state index in [-0.39, 0.29) is 18.1 Å². The Labute approximate surface area is 146 Å². The molecular weight excluding hydrogens is 328 g/mol. The highest BCUT2D eigenvalue weighted by molar-refractivity contribution is 6.32. The van der Waals surface area contributed by atoms with Gasteiger partial charge in [0.25, 0.3) is 0 Å². The number of rotatable bonds is 1. The third kappa shape index (κ3) is 2.76. The van der Waals surface area contributed by atoms with Crippen LogP contribution < -0.4 is 4.74 Å². The molecule has 0 radical (unpaired) electrons. The van der Waals surface area contributed by atoms with E-state index in [1.54, 1.807) is 4.90 Å². The molecule has 1 aromatic rings. The number of halogens is 1. The van der Waals surface area contributed by atoms with E-state index in [1.165, 1.54) is 0 Å². The first-order chi connectivity index (χ1) is 11.4. The van der Waals surface area contributed by atoms with Crippen LogP contribution in [0.3, 0.4) is 0 Å². The predicted molar refractivity (Wildman–Crippen MR) is 89.3 cm³/mol. The zero-order valence-corrected chi connectivity index (χ0v) is 14.6. The number of carbonyl (C=O) groups excluding carboxylic acids is 2. The highest BCUT2D eigenvalue weighted by atomic mass is 35.5. The molecule has 0 aromatic heterocycles. The summed E-state index contributed by atoms with van der Waals surface area (Å²) in [7, 11) is 0. The summed E-state index contributed by atoms with van der Waals surface area (Å²) < 4.78 is 6.25. The molecule has 126 valence electrons. The lowest BCUT2D eigenvalue weighted by atomic mass is 9.81. The highest BCUT2D eigenvalue weighted by Gasteiger charge is 2.44. The minimum atomic E-state index is -0.555. The summed E-state index contributed by atoms with van der Waals surface area (Å²) in [5, 5.41) is 9.26. The number of hydrogen-bond donors (Lipinski definition) is 0. The van der Waals surface area contributed by atoms with E-state index in [2.05, 4.69) is 0 Å². The summed E-state index contributed by atoms with van der Waals surface area (Å²) in [6.45, 7) is 4.76. The van der Waals surface area contributed by atoms with Gasteiger partial charge in [-0.15, -0.1) is 0 Å². The monoisotopic (exact) mass is 346 g/mol. The molecular formula is C18H19ClN2O3. The second kappa shape index (κ2) is 6.10. The average Bonchev–Trinajstić information content (AvgIpc) is 2.53. The quantitative estimate of drug-likeness (QED) is 0.783. The number of aryl methyl sites for hydroxylation is 1. The number of nitriles is 1. The molecule has 2 aliphatic rings. The van der Waals surface area contributed by atoms with Crippen LogP contribution in [0, 0.1) is 25.2 Å². The van der Waals surface area contributed by atoms with E-state index >= 15 is 0 Å². The summed E-state index contributed by atoms with van der Waals surface area (Å²) in [6.07, 6.45) is 1.39.